The van der Waals surface area contributed by atoms with Crippen LogP contribution in [0.2, 0.25) is 0 Å². The molecule has 3 heteroatoms. The van der Waals surface area contributed by atoms with E-state index in [4.69, 9.17) is 9.15 Å². The van der Waals surface area contributed by atoms with Crippen LogP contribution in [0.4, 0.5) is 0 Å². The third-order valence-corrected chi connectivity index (χ3v) is 2.57. The number of hydrogen-bond donors (Lipinski definition) is 0. The van der Waals surface area contributed by atoms with E-state index in [2.05, 4.69) is 24.9 Å². The van der Waals surface area contributed by atoms with Gasteiger partial charge in [0.25, 0.3) is 0 Å². The molecule has 16 heavy (non-hydrogen) atoms. The number of ether oxygens (including phenoxy) is 1. The minimum atomic E-state index is 0.415. The summed E-state index contributed by atoms with van der Waals surface area (Å²) in [5, 5.41) is 0. The quantitative estimate of drug-likeness (QED) is 0.789. The Bertz CT molecular complexity index is 461. The van der Waals surface area contributed by atoms with Crippen molar-refractivity contribution in [1.29, 1.82) is 0 Å². The van der Waals surface area contributed by atoms with E-state index in [-0.39, 0.29) is 0 Å². The van der Waals surface area contributed by atoms with Crippen LogP contribution in [0.25, 0.3) is 11.3 Å². The Labute approximate surface area is 95.1 Å². The van der Waals surface area contributed by atoms with Gasteiger partial charge >= 0.3 is 0 Å². The smallest absolute Gasteiger partial charge is 0.181 e. The number of methoxy groups -OCH3 is 1. The fourth-order valence-electron chi connectivity index (χ4n) is 1.70. The molecule has 0 saturated carbocycles. The molecule has 0 spiro atoms. The lowest BCUT2D eigenvalue weighted by Crippen LogP contribution is -1.94. The molecule has 0 aliphatic carbocycles. The van der Waals surface area contributed by atoms with Crippen molar-refractivity contribution >= 4 is 0 Å². The zero-order valence-electron chi connectivity index (χ0n) is 9.73. The normalized spacial score (nSPS) is 10.8. The van der Waals surface area contributed by atoms with E-state index in [1.54, 1.807) is 13.3 Å². The number of aromatic nitrogens is 1. The van der Waals surface area contributed by atoms with Crippen LogP contribution in [-0.2, 0) is 0 Å². The van der Waals surface area contributed by atoms with E-state index in [0.29, 0.717) is 5.92 Å². The fraction of sp³-hybridized carbons (Fsp3) is 0.308. The monoisotopic (exact) mass is 217 g/mol. The Morgan fingerprint density at radius 2 is 2.12 bits per heavy atom. The van der Waals surface area contributed by atoms with Crippen molar-refractivity contribution in [2.24, 2.45) is 0 Å². The van der Waals surface area contributed by atoms with Crippen LogP contribution in [0.5, 0.6) is 5.75 Å². The van der Waals surface area contributed by atoms with Gasteiger partial charge in [0, 0.05) is 5.56 Å². The number of hydrogen-bond acceptors (Lipinski definition) is 3. The maximum atomic E-state index is 5.33. The Morgan fingerprint density at radius 3 is 2.69 bits per heavy atom. The van der Waals surface area contributed by atoms with Gasteiger partial charge in [-0.25, -0.2) is 4.98 Å². The highest BCUT2D eigenvalue weighted by Gasteiger charge is 2.10. The summed E-state index contributed by atoms with van der Waals surface area (Å²) in [6.07, 6.45) is 3.15. The molecular formula is C13H15NO2. The molecule has 84 valence electrons. The standard InChI is InChI=1S/C13H15NO2/c1-9(2)11-6-10(4-5-12(11)15-3)13-7-14-8-16-13/h4-9H,1-3H3. The minimum Gasteiger partial charge on any atom is -0.496 e. The lowest BCUT2D eigenvalue weighted by molar-refractivity contribution is 0.407. The van der Waals surface area contributed by atoms with Crippen LogP contribution in [0.1, 0.15) is 25.3 Å². The topological polar surface area (TPSA) is 35.3 Å². The van der Waals surface area contributed by atoms with Crippen molar-refractivity contribution in [3.8, 4) is 17.1 Å². The van der Waals surface area contributed by atoms with E-state index in [0.717, 1.165) is 17.1 Å². The zero-order valence-corrected chi connectivity index (χ0v) is 9.73. The summed E-state index contributed by atoms with van der Waals surface area (Å²) in [5.41, 5.74) is 2.21. The molecule has 0 bridgehead atoms. The summed E-state index contributed by atoms with van der Waals surface area (Å²) in [6.45, 7) is 4.28. The molecule has 3 nitrogen and oxygen atoms in total. The van der Waals surface area contributed by atoms with Gasteiger partial charge in [-0.3, -0.25) is 0 Å². The van der Waals surface area contributed by atoms with Gasteiger partial charge in [0.05, 0.1) is 13.3 Å². The van der Waals surface area contributed by atoms with E-state index < -0.39 is 0 Å². The highest BCUT2D eigenvalue weighted by molar-refractivity contribution is 5.60. The van der Waals surface area contributed by atoms with Crippen LogP contribution in [-0.4, -0.2) is 12.1 Å². The van der Waals surface area contributed by atoms with Crippen molar-refractivity contribution in [3.63, 3.8) is 0 Å². The second-order valence-electron chi connectivity index (χ2n) is 3.98. The number of nitrogens with zero attached hydrogens (tertiary/aromatic N) is 1. The molecule has 0 unspecified atom stereocenters. The molecule has 0 aliphatic heterocycles. The van der Waals surface area contributed by atoms with Crippen molar-refractivity contribution in [2.75, 3.05) is 7.11 Å². The second kappa shape index (κ2) is 4.39. The molecule has 2 rings (SSSR count). The lowest BCUT2D eigenvalue weighted by Gasteiger charge is -2.12. The number of rotatable bonds is 3. The average molecular weight is 217 g/mol. The Balaban J connectivity index is 2.47. The molecule has 0 atom stereocenters. The predicted octanol–water partition coefficient (Wildman–Crippen LogP) is 3.47. The van der Waals surface area contributed by atoms with Gasteiger partial charge in [-0.05, 0) is 29.7 Å². The Morgan fingerprint density at radius 1 is 1.31 bits per heavy atom. The third-order valence-electron chi connectivity index (χ3n) is 2.57. The first-order valence-electron chi connectivity index (χ1n) is 5.29. The second-order valence-corrected chi connectivity index (χ2v) is 3.98. The van der Waals surface area contributed by atoms with E-state index in [9.17, 15) is 0 Å². The molecule has 1 heterocycles. The molecular weight excluding hydrogens is 202 g/mol. The largest absolute Gasteiger partial charge is 0.496 e. The lowest BCUT2D eigenvalue weighted by atomic mass is 9.99. The Hall–Kier alpha value is -1.77. The first-order valence-corrected chi connectivity index (χ1v) is 5.29. The summed E-state index contributed by atoms with van der Waals surface area (Å²) in [4.78, 5) is 3.92. The van der Waals surface area contributed by atoms with Crippen molar-refractivity contribution in [1.82, 2.24) is 4.98 Å². The van der Waals surface area contributed by atoms with Crippen molar-refractivity contribution < 1.29 is 9.15 Å². The first-order chi connectivity index (χ1) is 7.72. The van der Waals surface area contributed by atoms with Gasteiger partial charge in [0.2, 0.25) is 0 Å². The van der Waals surface area contributed by atoms with E-state index in [1.807, 2.05) is 12.1 Å². The predicted molar refractivity (Wildman–Crippen MR) is 62.6 cm³/mol. The van der Waals surface area contributed by atoms with Gasteiger partial charge in [0.1, 0.15) is 5.75 Å². The van der Waals surface area contributed by atoms with Gasteiger partial charge in [0.15, 0.2) is 12.2 Å². The van der Waals surface area contributed by atoms with Crippen LogP contribution < -0.4 is 4.74 Å². The van der Waals surface area contributed by atoms with E-state index in [1.165, 1.54) is 12.0 Å². The summed E-state index contributed by atoms with van der Waals surface area (Å²) in [5.74, 6) is 2.11. The fourth-order valence-corrected chi connectivity index (χ4v) is 1.70. The zero-order chi connectivity index (χ0) is 11.5. The van der Waals surface area contributed by atoms with Crippen LogP contribution in [0.15, 0.2) is 35.2 Å². The first kappa shape index (κ1) is 10.7. The summed E-state index contributed by atoms with van der Waals surface area (Å²) < 4.78 is 10.6. The van der Waals surface area contributed by atoms with Crippen molar-refractivity contribution in [3.05, 3.63) is 36.4 Å². The maximum absolute atomic E-state index is 5.33. The third kappa shape index (κ3) is 1.94. The van der Waals surface area contributed by atoms with E-state index >= 15 is 0 Å². The van der Waals surface area contributed by atoms with Crippen LogP contribution >= 0.6 is 0 Å². The van der Waals surface area contributed by atoms with Gasteiger partial charge in [-0.15, -0.1) is 0 Å². The van der Waals surface area contributed by atoms with Gasteiger partial charge in [-0.2, -0.15) is 0 Å². The molecule has 0 fully saturated rings. The van der Waals surface area contributed by atoms with Crippen molar-refractivity contribution in [2.45, 2.75) is 19.8 Å². The number of benzene rings is 1. The minimum absolute atomic E-state index is 0.415. The summed E-state index contributed by atoms with van der Waals surface area (Å²) in [7, 11) is 1.69. The highest BCUT2D eigenvalue weighted by Crippen LogP contribution is 2.31. The summed E-state index contributed by atoms with van der Waals surface area (Å²) >= 11 is 0. The summed E-state index contributed by atoms with van der Waals surface area (Å²) in [6, 6.07) is 6.03. The molecule has 0 N–H and O–H groups in total. The molecule has 1 aromatic heterocycles. The van der Waals surface area contributed by atoms with Gasteiger partial charge in [-0.1, -0.05) is 13.8 Å². The maximum Gasteiger partial charge on any atom is 0.181 e. The molecule has 0 radical (unpaired) electrons. The Kier molecular flexibility index (Phi) is 2.95. The number of oxazole rings is 1. The van der Waals surface area contributed by atoms with Crippen LogP contribution in [0, 0.1) is 0 Å². The van der Waals surface area contributed by atoms with Crippen LogP contribution in [0.3, 0.4) is 0 Å². The average Bonchev–Trinajstić information content (AvgIpc) is 2.81. The molecule has 0 aliphatic rings. The molecule has 2 aromatic rings. The molecule has 0 amide bonds. The highest BCUT2D eigenvalue weighted by atomic mass is 16.5. The van der Waals surface area contributed by atoms with Gasteiger partial charge < -0.3 is 9.15 Å². The SMILES string of the molecule is COc1ccc(-c2cnco2)cc1C(C)C. The molecule has 0 saturated heterocycles. The molecule has 1 aromatic carbocycles.